The zero-order valence-electron chi connectivity index (χ0n) is 12.2. The summed E-state index contributed by atoms with van der Waals surface area (Å²) in [7, 11) is 0. The highest BCUT2D eigenvalue weighted by atomic mass is 32.1. The fourth-order valence-electron chi connectivity index (χ4n) is 2.91. The molecule has 1 aliphatic rings. The quantitative estimate of drug-likeness (QED) is 0.714. The van der Waals surface area contributed by atoms with Crippen molar-refractivity contribution in [2.75, 3.05) is 0 Å². The summed E-state index contributed by atoms with van der Waals surface area (Å²) in [4.78, 5) is 0.687. The van der Waals surface area contributed by atoms with Crippen molar-refractivity contribution in [2.24, 2.45) is 5.73 Å². The first-order chi connectivity index (χ1) is 11.6. The van der Waals surface area contributed by atoms with Crippen LogP contribution >= 0.6 is 11.3 Å². The molecule has 1 unspecified atom stereocenters. The zero-order chi connectivity index (χ0) is 16.8. The Balaban J connectivity index is 2.01. The predicted octanol–water partition coefficient (Wildman–Crippen LogP) is 4.40. The number of fused-ring (bicyclic) bond motifs is 3. The van der Waals surface area contributed by atoms with Gasteiger partial charge in [0, 0.05) is 5.39 Å². The average Bonchev–Trinajstić information content (AvgIpc) is 2.94. The molecule has 0 amide bonds. The van der Waals surface area contributed by atoms with Gasteiger partial charge >= 0.3 is 0 Å². The third kappa shape index (κ3) is 2.06. The summed E-state index contributed by atoms with van der Waals surface area (Å²) >= 11 is 1.22. The smallest absolute Gasteiger partial charge is 0.205 e. The molecule has 0 radical (unpaired) electrons. The van der Waals surface area contributed by atoms with Crippen LogP contribution in [0.2, 0.25) is 0 Å². The lowest BCUT2D eigenvalue weighted by Crippen LogP contribution is -2.19. The van der Waals surface area contributed by atoms with E-state index in [0.29, 0.717) is 26.3 Å². The second-order valence-electron chi connectivity index (χ2n) is 5.39. The van der Waals surface area contributed by atoms with Crippen LogP contribution in [0.3, 0.4) is 0 Å². The SMILES string of the molecule is N#CC1=C(N)Oc2c(sc3c(F)cccc23)C1c1ccc(F)cc1. The second-order valence-corrected chi connectivity index (χ2v) is 6.44. The Labute approximate surface area is 140 Å². The Morgan fingerprint density at radius 1 is 1.12 bits per heavy atom. The minimum Gasteiger partial charge on any atom is -0.439 e. The van der Waals surface area contributed by atoms with Gasteiger partial charge in [0.05, 0.1) is 15.5 Å². The molecule has 2 aromatic carbocycles. The van der Waals surface area contributed by atoms with E-state index >= 15 is 0 Å². The summed E-state index contributed by atoms with van der Waals surface area (Å²) in [6.45, 7) is 0. The lowest BCUT2D eigenvalue weighted by molar-refractivity contribution is 0.401. The van der Waals surface area contributed by atoms with Gasteiger partial charge in [-0.3, -0.25) is 0 Å². The minimum absolute atomic E-state index is 0.0108. The van der Waals surface area contributed by atoms with Crippen molar-refractivity contribution in [3.63, 3.8) is 0 Å². The summed E-state index contributed by atoms with van der Waals surface area (Å²) in [5.74, 6) is -0.783. The number of ether oxygens (including phenoxy) is 1. The van der Waals surface area contributed by atoms with Gasteiger partial charge in [0.25, 0.3) is 0 Å². The highest BCUT2D eigenvalue weighted by Crippen LogP contribution is 2.50. The van der Waals surface area contributed by atoms with Crippen LogP contribution in [0.25, 0.3) is 10.1 Å². The van der Waals surface area contributed by atoms with E-state index in [4.69, 9.17) is 10.5 Å². The Morgan fingerprint density at radius 3 is 2.58 bits per heavy atom. The van der Waals surface area contributed by atoms with Gasteiger partial charge < -0.3 is 10.5 Å². The van der Waals surface area contributed by atoms with Gasteiger partial charge in [-0.05, 0) is 29.8 Å². The van der Waals surface area contributed by atoms with Crippen molar-refractivity contribution in [3.05, 3.63) is 76.0 Å². The number of nitrogens with zero attached hydrogens (tertiary/aromatic N) is 1. The second kappa shape index (κ2) is 5.32. The Kier molecular flexibility index (Phi) is 3.25. The van der Waals surface area contributed by atoms with E-state index in [-0.39, 0.29) is 23.1 Å². The number of hydrogen-bond acceptors (Lipinski definition) is 4. The van der Waals surface area contributed by atoms with Gasteiger partial charge in [0.15, 0.2) is 5.75 Å². The van der Waals surface area contributed by atoms with Crippen LogP contribution in [0.15, 0.2) is 53.9 Å². The van der Waals surface area contributed by atoms with Crippen LogP contribution in [-0.2, 0) is 0 Å². The van der Waals surface area contributed by atoms with E-state index in [1.807, 2.05) is 0 Å². The molecule has 2 N–H and O–H groups in total. The molecule has 1 atom stereocenters. The Bertz CT molecular complexity index is 1030. The van der Waals surface area contributed by atoms with E-state index in [9.17, 15) is 14.0 Å². The average molecular weight is 340 g/mol. The fourth-order valence-corrected chi connectivity index (χ4v) is 4.18. The monoisotopic (exact) mass is 340 g/mol. The van der Waals surface area contributed by atoms with Crippen molar-refractivity contribution in [3.8, 4) is 11.8 Å². The molecular formula is C18H10F2N2OS. The maximum Gasteiger partial charge on any atom is 0.205 e. The standard InChI is InChI=1S/C18H10F2N2OS/c19-10-6-4-9(5-7-10)14-12(8-21)18(22)23-15-11-2-1-3-13(20)16(11)24-17(14)15/h1-7,14H,22H2. The van der Waals surface area contributed by atoms with Crippen LogP contribution in [0.4, 0.5) is 8.78 Å². The third-order valence-corrected chi connectivity index (χ3v) is 5.26. The maximum absolute atomic E-state index is 14.1. The number of nitrogens with two attached hydrogens (primary N) is 1. The van der Waals surface area contributed by atoms with Gasteiger partial charge in [-0.15, -0.1) is 11.3 Å². The van der Waals surface area contributed by atoms with Crippen LogP contribution in [0, 0.1) is 23.0 Å². The van der Waals surface area contributed by atoms with Crippen molar-refractivity contribution in [1.29, 1.82) is 5.26 Å². The molecule has 0 aliphatic carbocycles. The molecule has 3 nitrogen and oxygen atoms in total. The predicted molar refractivity (Wildman–Crippen MR) is 87.5 cm³/mol. The van der Waals surface area contributed by atoms with Crippen LogP contribution in [0.5, 0.6) is 5.75 Å². The summed E-state index contributed by atoms with van der Waals surface area (Å²) in [5.41, 5.74) is 6.86. The van der Waals surface area contributed by atoms with Gasteiger partial charge in [0.2, 0.25) is 5.88 Å². The molecule has 6 heteroatoms. The number of hydrogen-bond donors (Lipinski definition) is 1. The van der Waals surface area contributed by atoms with E-state index < -0.39 is 5.92 Å². The molecule has 0 bridgehead atoms. The maximum atomic E-state index is 14.1. The Hall–Kier alpha value is -2.91. The molecule has 2 heterocycles. The molecule has 24 heavy (non-hydrogen) atoms. The Morgan fingerprint density at radius 2 is 1.88 bits per heavy atom. The molecule has 118 valence electrons. The summed E-state index contributed by atoms with van der Waals surface area (Å²) < 4.78 is 33.4. The number of thiophene rings is 1. The first-order valence-electron chi connectivity index (χ1n) is 7.14. The third-order valence-electron chi connectivity index (χ3n) is 4.00. The molecule has 0 saturated heterocycles. The first kappa shape index (κ1) is 14.7. The molecule has 0 spiro atoms. The van der Waals surface area contributed by atoms with Gasteiger partial charge in [-0.1, -0.05) is 18.2 Å². The fraction of sp³-hybridized carbons (Fsp3) is 0.0556. The summed E-state index contributed by atoms with van der Waals surface area (Å²) in [5, 5.41) is 10.1. The van der Waals surface area contributed by atoms with Crippen molar-refractivity contribution in [2.45, 2.75) is 5.92 Å². The lowest BCUT2D eigenvalue weighted by atomic mass is 9.88. The molecule has 0 saturated carbocycles. The van der Waals surface area contributed by atoms with Crippen LogP contribution in [-0.4, -0.2) is 0 Å². The van der Waals surface area contributed by atoms with Gasteiger partial charge in [0.1, 0.15) is 23.3 Å². The van der Waals surface area contributed by atoms with Gasteiger partial charge in [-0.25, -0.2) is 8.78 Å². The van der Waals surface area contributed by atoms with E-state index in [1.54, 1.807) is 24.3 Å². The van der Waals surface area contributed by atoms with Gasteiger partial charge in [-0.2, -0.15) is 5.26 Å². The normalized spacial score (nSPS) is 16.6. The van der Waals surface area contributed by atoms with Crippen molar-refractivity contribution < 1.29 is 13.5 Å². The van der Waals surface area contributed by atoms with Crippen LogP contribution in [0.1, 0.15) is 16.4 Å². The molecule has 1 aromatic heterocycles. The number of rotatable bonds is 1. The molecular weight excluding hydrogens is 330 g/mol. The lowest BCUT2D eigenvalue weighted by Gasteiger charge is -2.23. The highest BCUT2D eigenvalue weighted by Gasteiger charge is 2.34. The number of halogens is 2. The summed E-state index contributed by atoms with van der Waals surface area (Å²) in [6.07, 6.45) is 0. The number of nitriles is 1. The molecule has 1 aliphatic heterocycles. The topological polar surface area (TPSA) is 59.0 Å². The van der Waals surface area contributed by atoms with Crippen LogP contribution < -0.4 is 10.5 Å². The van der Waals surface area contributed by atoms with Crippen molar-refractivity contribution in [1.82, 2.24) is 0 Å². The zero-order valence-corrected chi connectivity index (χ0v) is 13.0. The highest BCUT2D eigenvalue weighted by molar-refractivity contribution is 7.19. The minimum atomic E-state index is -0.504. The van der Waals surface area contributed by atoms with E-state index in [1.165, 1.54) is 29.5 Å². The summed E-state index contributed by atoms with van der Waals surface area (Å²) in [6, 6.07) is 12.6. The first-order valence-corrected chi connectivity index (χ1v) is 7.95. The van der Waals surface area contributed by atoms with E-state index in [0.717, 1.165) is 0 Å². The molecule has 0 fully saturated rings. The number of benzene rings is 2. The van der Waals surface area contributed by atoms with E-state index in [2.05, 4.69) is 6.07 Å². The molecule has 3 aromatic rings. The van der Waals surface area contributed by atoms with Crippen molar-refractivity contribution >= 4 is 21.4 Å². The largest absolute Gasteiger partial charge is 0.439 e. The number of allylic oxidation sites excluding steroid dienone is 1. The molecule has 4 rings (SSSR count).